The molecule has 0 aromatic heterocycles. The summed E-state index contributed by atoms with van der Waals surface area (Å²) in [6.07, 6.45) is 9.42. The van der Waals surface area contributed by atoms with Crippen LogP contribution in [0.25, 0.3) is 70.9 Å². The Bertz CT molecular complexity index is 2360. The quantitative estimate of drug-likeness (QED) is 0.145. The molecule has 0 spiro atoms. The molecule has 0 aliphatic heterocycles. The molecule has 7 aromatic carbocycles. The second-order valence-electron chi connectivity index (χ2n) is 11.5. The molecule has 46 heavy (non-hydrogen) atoms. The molecule has 0 saturated heterocycles. The maximum atomic E-state index is 5.76. The van der Waals surface area contributed by atoms with Crippen molar-refractivity contribution in [2.75, 3.05) is 0 Å². The zero-order valence-electron chi connectivity index (χ0n) is 26.0. The first kappa shape index (κ1) is 28.8. The van der Waals surface area contributed by atoms with Crippen LogP contribution in [-0.2, 0) is 0 Å². The third kappa shape index (κ3) is 4.83. The zero-order valence-corrected chi connectivity index (χ0v) is 26.0. The van der Waals surface area contributed by atoms with Gasteiger partial charge in [0.15, 0.2) is 0 Å². The van der Waals surface area contributed by atoms with E-state index in [0.717, 1.165) is 22.3 Å². The van der Waals surface area contributed by atoms with E-state index in [1.54, 1.807) is 0 Å². The number of allylic oxidation sites excluding steroid dienone is 7. The Kier molecular flexibility index (Phi) is 7.66. The molecule has 0 saturated carbocycles. The number of hydrogen-bond donors (Lipinski definition) is 1. The van der Waals surface area contributed by atoms with Gasteiger partial charge in [-0.05, 0) is 113 Å². The molecule has 7 rings (SSSR count). The van der Waals surface area contributed by atoms with E-state index in [2.05, 4.69) is 153 Å². The number of hydrogen-bond acceptors (Lipinski definition) is 1. The third-order valence-electron chi connectivity index (χ3n) is 8.92. The Hall–Kier alpha value is -5.92. The number of fused-ring (bicyclic) bond motifs is 4. The number of nitrogens with two attached hydrogens (primary N) is 1. The molecule has 0 fully saturated rings. The van der Waals surface area contributed by atoms with Crippen molar-refractivity contribution < 1.29 is 0 Å². The van der Waals surface area contributed by atoms with E-state index in [1.165, 1.54) is 71.5 Å². The van der Waals surface area contributed by atoms with Crippen molar-refractivity contribution in [3.8, 4) is 22.3 Å². The molecular formula is C45H35N. The Morgan fingerprint density at radius 2 is 1.15 bits per heavy atom. The first-order valence-electron chi connectivity index (χ1n) is 15.7. The Balaban J connectivity index is 1.56. The monoisotopic (exact) mass is 589 g/mol. The van der Waals surface area contributed by atoms with Gasteiger partial charge in [-0.3, -0.25) is 0 Å². The van der Waals surface area contributed by atoms with Gasteiger partial charge in [0.2, 0.25) is 0 Å². The summed E-state index contributed by atoms with van der Waals surface area (Å²) in [6, 6.07) is 46.3. The average Bonchev–Trinajstić information content (AvgIpc) is 3.10. The minimum Gasteiger partial charge on any atom is -0.405 e. The molecule has 0 aliphatic carbocycles. The van der Waals surface area contributed by atoms with Crippen LogP contribution in [0.15, 0.2) is 182 Å². The molecule has 2 N–H and O–H groups in total. The summed E-state index contributed by atoms with van der Waals surface area (Å²) in [5, 5.41) is 9.81. The average molecular weight is 590 g/mol. The van der Waals surface area contributed by atoms with Crippen molar-refractivity contribution in [3.63, 3.8) is 0 Å². The Morgan fingerprint density at radius 3 is 1.76 bits per heavy atom. The summed E-state index contributed by atoms with van der Waals surface area (Å²) < 4.78 is 0. The predicted molar refractivity (Wildman–Crippen MR) is 202 cm³/mol. The molecule has 1 heteroatoms. The Labute approximate surface area is 270 Å². The lowest BCUT2D eigenvalue weighted by Gasteiger charge is -2.20. The van der Waals surface area contributed by atoms with Crippen LogP contribution in [0, 0.1) is 0 Å². The van der Waals surface area contributed by atoms with Gasteiger partial charge < -0.3 is 5.73 Å². The highest BCUT2D eigenvalue weighted by Gasteiger charge is 2.19. The van der Waals surface area contributed by atoms with Gasteiger partial charge in [0.1, 0.15) is 0 Å². The maximum absolute atomic E-state index is 5.76. The lowest BCUT2D eigenvalue weighted by Crippen LogP contribution is -1.95. The topological polar surface area (TPSA) is 26.0 Å². The Morgan fingerprint density at radius 1 is 0.587 bits per heavy atom. The third-order valence-corrected chi connectivity index (χ3v) is 8.92. The van der Waals surface area contributed by atoms with E-state index in [1.807, 2.05) is 19.1 Å². The van der Waals surface area contributed by atoms with Crippen molar-refractivity contribution in [1.82, 2.24) is 0 Å². The largest absolute Gasteiger partial charge is 0.405 e. The molecule has 0 atom stereocenters. The van der Waals surface area contributed by atoms with Gasteiger partial charge in [-0.2, -0.15) is 0 Å². The molecule has 0 bridgehead atoms. The van der Waals surface area contributed by atoms with Crippen LogP contribution in [0.1, 0.15) is 12.5 Å². The summed E-state index contributed by atoms with van der Waals surface area (Å²) in [5.74, 6) is 0. The van der Waals surface area contributed by atoms with Gasteiger partial charge in [0.05, 0.1) is 0 Å². The van der Waals surface area contributed by atoms with Gasteiger partial charge in [0.25, 0.3) is 0 Å². The highest BCUT2D eigenvalue weighted by Crippen LogP contribution is 2.46. The first-order valence-corrected chi connectivity index (χ1v) is 15.7. The highest BCUT2D eigenvalue weighted by atomic mass is 14.5. The summed E-state index contributed by atoms with van der Waals surface area (Å²) >= 11 is 0. The standard InChI is InChI=1S/C45H35N/c1-4-14-35(34(5-2)30(3)27-28-46)38-25-26-43(37-18-9-8-17-36(37)38)45-41-21-12-10-19-39(41)44(40-20-11-13-22-42(40)45)33-24-23-31-15-6-7-16-32(31)29-33/h4-29H,2-3,46H2,1H3/b14-4-,28-27-,35-34-. The van der Waals surface area contributed by atoms with E-state index in [0.29, 0.717) is 0 Å². The number of rotatable bonds is 7. The van der Waals surface area contributed by atoms with Crippen LogP contribution in [0.5, 0.6) is 0 Å². The fourth-order valence-electron chi connectivity index (χ4n) is 6.94. The van der Waals surface area contributed by atoms with Crippen molar-refractivity contribution in [3.05, 3.63) is 188 Å². The zero-order chi connectivity index (χ0) is 31.6. The number of benzene rings is 7. The fourth-order valence-corrected chi connectivity index (χ4v) is 6.94. The highest BCUT2D eigenvalue weighted by molar-refractivity contribution is 6.24. The van der Waals surface area contributed by atoms with E-state index >= 15 is 0 Å². The second-order valence-corrected chi connectivity index (χ2v) is 11.5. The SMILES string of the molecule is C=C/C(C(=C)/C=C\N)=C(\C=C/C)c1ccc(-c2c3ccccc3c(-c3ccc4ccccc4c3)c3ccccc23)c2ccccc12. The van der Waals surface area contributed by atoms with Gasteiger partial charge in [-0.25, -0.2) is 0 Å². The normalized spacial score (nSPS) is 12.5. The smallest absolute Gasteiger partial charge is 0.00201 e. The first-order chi connectivity index (χ1) is 22.6. The van der Waals surface area contributed by atoms with Crippen molar-refractivity contribution in [2.45, 2.75) is 6.92 Å². The summed E-state index contributed by atoms with van der Waals surface area (Å²) in [7, 11) is 0. The summed E-state index contributed by atoms with van der Waals surface area (Å²) in [4.78, 5) is 0. The molecule has 0 aliphatic rings. The van der Waals surface area contributed by atoms with E-state index < -0.39 is 0 Å². The fraction of sp³-hybridized carbons (Fsp3) is 0.0222. The minimum atomic E-state index is 0.819. The van der Waals surface area contributed by atoms with Crippen molar-refractivity contribution in [2.24, 2.45) is 5.73 Å². The van der Waals surface area contributed by atoms with Gasteiger partial charge in [0, 0.05) is 0 Å². The lowest BCUT2D eigenvalue weighted by atomic mass is 9.83. The molecule has 0 unspecified atom stereocenters. The predicted octanol–water partition coefficient (Wildman–Crippen LogP) is 12.2. The molecular weight excluding hydrogens is 555 g/mol. The van der Waals surface area contributed by atoms with Crippen LogP contribution >= 0.6 is 0 Å². The van der Waals surface area contributed by atoms with Crippen LogP contribution in [0.3, 0.4) is 0 Å². The van der Waals surface area contributed by atoms with E-state index in [-0.39, 0.29) is 0 Å². The van der Waals surface area contributed by atoms with E-state index in [9.17, 15) is 0 Å². The van der Waals surface area contributed by atoms with Gasteiger partial charge in [-0.15, -0.1) is 0 Å². The summed E-state index contributed by atoms with van der Waals surface area (Å²) in [6.45, 7) is 10.4. The van der Waals surface area contributed by atoms with Gasteiger partial charge >= 0.3 is 0 Å². The van der Waals surface area contributed by atoms with Crippen LogP contribution in [0.2, 0.25) is 0 Å². The van der Waals surface area contributed by atoms with E-state index in [4.69, 9.17) is 5.73 Å². The summed E-state index contributed by atoms with van der Waals surface area (Å²) in [5.41, 5.74) is 14.7. The molecule has 7 aromatic rings. The second kappa shape index (κ2) is 12.2. The molecule has 0 radical (unpaired) electrons. The van der Waals surface area contributed by atoms with Crippen LogP contribution in [0.4, 0.5) is 0 Å². The van der Waals surface area contributed by atoms with Crippen LogP contribution in [-0.4, -0.2) is 0 Å². The van der Waals surface area contributed by atoms with Crippen molar-refractivity contribution in [1.29, 1.82) is 0 Å². The van der Waals surface area contributed by atoms with Gasteiger partial charge in [-0.1, -0.05) is 153 Å². The van der Waals surface area contributed by atoms with Crippen molar-refractivity contribution >= 4 is 48.7 Å². The molecule has 220 valence electrons. The maximum Gasteiger partial charge on any atom is -0.00201 e. The molecule has 1 nitrogen and oxygen atoms in total. The lowest BCUT2D eigenvalue weighted by molar-refractivity contribution is 1.51. The minimum absolute atomic E-state index is 0.819. The molecule has 0 amide bonds. The van der Waals surface area contributed by atoms with Crippen LogP contribution < -0.4 is 5.73 Å². The molecule has 0 heterocycles.